The predicted molar refractivity (Wildman–Crippen MR) is 68.0 cm³/mol. The Bertz CT molecular complexity index is 314. The van der Waals surface area contributed by atoms with Gasteiger partial charge >= 0.3 is 5.97 Å². The molecule has 0 N–H and O–H groups in total. The molecule has 0 unspecified atom stereocenters. The molecule has 3 nitrogen and oxygen atoms in total. The van der Waals surface area contributed by atoms with Gasteiger partial charge in [0.15, 0.2) is 0 Å². The first-order valence-electron chi connectivity index (χ1n) is 5.35. The number of methoxy groups -OCH3 is 1. The number of nitrogens with zero attached hydrogens (tertiary/aromatic N) is 1. The van der Waals surface area contributed by atoms with Crippen molar-refractivity contribution in [1.82, 2.24) is 4.98 Å². The van der Waals surface area contributed by atoms with Crippen molar-refractivity contribution in [2.75, 3.05) is 7.11 Å². The van der Waals surface area contributed by atoms with E-state index in [9.17, 15) is 4.79 Å². The lowest BCUT2D eigenvalue weighted by Crippen LogP contribution is -2.03. The molecule has 0 aliphatic carbocycles. The van der Waals surface area contributed by atoms with Gasteiger partial charge in [-0.2, -0.15) is 0 Å². The molecule has 0 spiro atoms. The summed E-state index contributed by atoms with van der Waals surface area (Å²) in [6.07, 6.45) is 1.59. The minimum absolute atomic E-state index is 0.174. The fraction of sp³-hybridized carbons (Fsp3) is 0.500. The summed E-state index contributed by atoms with van der Waals surface area (Å²) >= 11 is 5.66. The minimum atomic E-state index is -0.462. The van der Waals surface area contributed by atoms with Crippen molar-refractivity contribution in [1.29, 1.82) is 0 Å². The van der Waals surface area contributed by atoms with Crippen molar-refractivity contribution in [3.8, 4) is 0 Å². The molecule has 92 valence electrons. The number of aryl methyl sites for hydroxylation is 1. The third-order valence-corrected chi connectivity index (χ3v) is 1.68. The van der Waals surface area contributed by atoms with Crippen LogP contribution in [0.15, 0.2) is 12.3 Å². The number of carbonyl (C=O) groups excluding carboxylic acids is 1. The fourth-order valence-corrected chi connectivity index (χ4v) is 0.986. The first-order chi connectivity index (χ1) is 7.65. The van der Waals surface area contributed by atoms with Crippen molar-refractivity contribution >= 4 is 17.6 Å². The molecule has 1 aromatic heterocycles. The zero-order valence-corrected chi connectivity index (χ0v) is 11.6. The highest BCUT2D eigenvalue weighted by Crippen LogP contribution is 2.14. The summed E-state index contributed by atoms with van der Waals surface area (Å²) in [5, 5.41) is 0.174. The van der Waals surface area contributed by atoms with Gasteiger partial charge < -0.3 is 4.74 Å². The number of esters is 1. The Morgan fingerprint density at radius 1 is 1.31 bits per heavy atom. The Labute approximate surface area is 103 Å². The van der Waals surface area contributed by atoms with E-state index in [2.05, 4.69) is 9.72 Å². The van der Waals surface area contributed by atoms with Gasteiger partial charge in [-0.1, -0.05) is 39.3 Å². The largest absolute Gasteiger partial charge is 0.465 e. The van der Waals surface area contributed by atoms with Gasteiger partial charge in [-0.15, -0.1) is 0 Å². The highest BCUT2D eigenvalue weighted by Gasteiger charge is 2.10. The van der Waals surface area contributed by atoms with Crippen LogP contribution in [0, 0.1) is 6.92 Å². The standard InChI is InChI=1S/C8H8ClNO2.2C2H6/c1-5-3-6(8(11)12-2)7(9)10-4-5;2*1-2/h3-4H,1-2H3;2*1-2H3. The summed E-state index contributed by atoms with van der Waals surface area (Å²) in [5.74, 6) is -0.462. The van der Waals surface area contributed by atoms with E-state index in [1.54, 1.807) is 12.3 Å². The number of carbonyl (C=O) groups is 1. The zero-order chi connectivity index (χ0) is 13.1. The first kappa shape index (κ1) is 17.3. The maximum absolute atomic E-state index is 11.0. The lowest BCUT2D eigenvalue weighted by molar-refractivity contribution is 0.0600. The average Bonchev–Trinajstić information content (AvgIpc) is 2.36. The van der Waals surface area contributed by atoms with Gasteiger partial charge in [-0.25, -0.2) is 9.78 Å². The molecule has 1 heterocycles. The van der Waals surface area contributed by atoms with Gasteiger partial charge in [-0.3, -0.25) is 0 Å². The molecule has 0 aliphatic rings. The van der Waals surface area contributed by atoms with Gasteiger partial charge in [0.2, 0.25) is 0 Å². The Balaban J connectivity index is 0. The summed E-state index contributed by atoms with van der Waals surface area (Å²) in [5.41, 5.74) is 1.18. The number of rotatable bonds is 1. The van der Waals surface area contributed by atoms with Crippen LogP contribution >= 0.6 is 11.6 Å². The smallest absolute Gasteiger partial charge is 0.341 e. The molecule has 0 aromatic carbocycles. The molecule has 0 saturated carbocycles. The number of hydrogen-bond donors (Lipinski definition) is 0. The van der Waals surface area contributed by atoms with Crippen molar-refractivity contribution in [2.24, 2.45) is 0 Å². The second kappa shape index (κ2) is 10.4. The van der Waals surface area contributed by atoms with Gasteiger partial charge in [0.25, 0.3) is 0 Å². The number of halogens is 1. The molecule has 1 rings (SSSR count). The molecule has 1 aromatic rings. The van der Waals surface area contributed by atoms with Crippen LogP contribution in [0.5, 0.6) is 0 Å². The van der Waals surface area contributed by atoms with E-state index in [1.165, 1.54) is 7.11 Å². The molecule has 0 radical (unpaired) electrons. The van der Waals surface area contributed by atoms with Gasteiger partial charge in [0.1, 0.15) is 5.15 Å². The summed E-state index contributed by atoms with van der Waals surface area (Å²) < 4.78 is 4.51. The zero-order valence-electron chi connectivity index (χ0n) is 10.8. The SMILES string of the molecule is CC.CC.COC(=O)c1cc(C)cnc1Cl. The highest BCUT2D eigenvalue weighted by molar-refractivity contribution is 6.32. The quantitative estimate of drug-likeness (QED) is 0.557. The lowest BCUT2D eigenvalue weighted by Gasteiger charge is -2.01. The van der Waals surface area contributed by atoms with Crippen molar-refractivity contribution in [3.63, 3.8) is 0 Å². The van der Waals surface area contributed by atoms with Crippen LogP contribution in [0.1, 0.15) is 43.6 Å². The number of pyridine rings is 1. The van der Waals surface area contributed by atoms with Crippen molar-refractivity contribution in [3.05, 3.63) is 28.5 Å². The Morgan fingerprint density at radius 2 is 1.81 bits per heavy atom. The maximum Gasteiger partial charge on any atom is 0.341 e. The monoisotopic (exact) mass is 245 g/mol. The Morgan fingerprint density at radius 3 is 2.25 bits per heavy atom. The predicted octanol–water partition coefficient (Wildman–Crippen LogP) is 3.88. The van der Waals surface area contributed by atoms with E-state index < -0.39 is 5.97 Å². The molecule has 0 amide bonds. The third-order valence-electron chi connectivity index (χ3n) is 1.38. The van der Waals surface area contributed by atoms with E-state index >= 15 is 0 Å². The summed E-state index contributed by atoms with van der Waals surface area (Å²) in [6, 6.07) is 1.64. The van der Waals surface area contributed by atoms with Crippen LogP contribution in [0.3, 0.4) is 0 Å². The Hall–Kier alpha value is -1.09. The van der Waals surface area contributed by atoms with E-state index in [4.69, 9.17) is 11.6 Å². The van der Waals surface area contributed by atoms with Crippen LogP contribution in [0.25, 0.3) is 0 Å². The normalized spacial score (nSPS) is 7.94. The summed E-state index contributed by atoms with van der Waals surface area (Å²) in [4.78, 5) is 14.9. The van der Waals surface area contributed by atoms with Crippen LogP contribution in [0.2, 0.25) is 5.15 Å². The molecular formula is C12H20ClNO2. The molecule has 0 atom stereocenters. The summed E-state index contributed by atoms with van der Waals surface area (Å²) in [6.45, 7) is 9.83. The van der Waals surface area contributed by atoms with Gasteiger partial charge in [0.05, 0.1) is 12.7 Å². The highest BCUT2D eigenvalue weighted by atomic mass is 35.5. The topological polar surface area (TPSA) is 39.2 Å². The lowest BCUT2D eigenvalue weighted by atomic mass is 10.2. The molecule has 0 aliphatic heterocycles. The van der Waals surface area contributed by atoms with E-state index in [0.29, 0.717) is 5.56 Å². The summed E-state index contributed by atoms with van der Waals surface area (Å²) in [7, 11) is 1.31. The van der Waals surface area contributed by atoms with E-state index in [-0.39, 0.29) is 5.15 Å². The van der Waals surface area contributed by atoms with Gasteiger partial charge in [0, 0.05) is 6.20 Å². The van der Waals surface area contributed by atoms with Gasteiger partial charge in [-0.05, 0) is 18.6 Å². The molecule has 0 bridgehead atoms. The van der Waals surface area contributed by atoms with E-state index in [1.807, 2.05) is 34.6 Å². The molecular weight excluding hydrogens is 226 g/mol. The number of ether oxygens (including phenoxy) is 1. The third kappa shape index (κ3) is 5.71. The molecule has 16 heavy (non-hydrogen) atoms. The number of aromatic nitrogens is 1. The van der Waals surface area contributed by atoms with E-state index in [0.717, 1.165) is 5.56 Å². The minimum Gasteiger partial charge on any atom is -0.465 e. The van der Waals surface area contributed by atoms with Crippen molar-refractivity contribution in [2.45, 2.75) is 34.6 Å². The molecule has 0 saturated heterocycles. The van der Waals surface area contributed by atoms with Crippen LogP contribution < -0.4 is 0 Å². The first-order valence-corrected chi connectivity index (χ1v) is 5.73. The van der Waals surface area contributed by atoms with Crippen LogP contribution in [-0.4, -0.2) is 18.1 Å². The fourth-order valence-electron chi connectivity index (χ4n) is 0.806. The maximum atomic E-state index is 11.0. The molecule has 4 heteroatoms. The van der Waals surface area contributed by atoms with Crippen LogP contribution in [-0.2, 0) is 4.74 Å². The Kier molecular flexibility index (Phi) is 11.3. The number of hydrogen-bond acceptors (Lipinski definition) is 3. The molecule has 0 fully saturated rings. The second-order valence-corrected chi connectivity index (χ2v) is 2.70. The second-order valence-electron chi connectivity index (χ2n) is 2.34. The van der Waals surface area contributed by atoms with Crippen LogP contribution in [0.4, 0.5) is 0 Å². The van der Waals surface area contributed by atoms with Crippen molar-refractivity contribution < 1.29 is 9.53 Å². The average molecular weight is 246 g/mol.